The molecule has 94 valence electrons. The first-order valence-electron chi connectivity index (χ1n) is 6.45. The molecule has 0 spiro atoms. The maximum Gasteiger partial charge on any atom is 0.303 e. The number of carboxylic acid groups (broad SMARTS) is 1. The lowest BCUT2D eigenvalue weighted by Gasteiger charge is -2.37. The minimum atomic E-state index is -0.650. The fraction of sp³-hybridized carbons (Fsp3) is 0.923. The standard InChI is InChI=1S/C13H25NO2/c1-10(2)7-11(3)14-6-4-5-12(9-14)8-13(15)16/h10-12H,4-9H2,1-3H3,(H,15,16). The minimum absolute atomic E-state index is 0.338. The van der Waals surface area contributed by atoms with E-state index in [0.29, 0.717) is 18.4 Å². The van der Waals surface area contributed by atoms with Crippen molar-refractivity contribution in [3.8, 4) is 0 Å². The lowest BCUT2D eigenvalue weighted by atomic mass is 9.92. The van der Waals surface area contributed by atoms with Crippen LogP contribution < -0.4 is 0 Å². The van der Waals surface area contributed by atoms with Crippen molar-refractivity contribution in [2.45, 2.75) is 52.5 Å². The van der Waals surface area contributed by atoms with Gasteiger partial charge in [-0.15, -0.1) is 0 Å². The summed E-state index contributed by atoms with van der Waals surface area (Å²) in [6.07, 6.45) is 3.78. The molecule has 2 atom stereocenters. The van der Waals surface area contributed by atoms with Crippen LogP contribution in [0.5, 0.6) is 0 Å². The third-order valence-corrected chi connectivity index (χ3v) is 3.45. The molecule has 0 bridgehead atoms. The Morgan fingerprint density at radius 1 is 1.44 bits per heavy atom. The highest BCUT2D eigenvalue weighted by atomic mass is 16.4. The van der Waals surface area contributed by atoms with Crippen LogP contribution in [0.15, 0.2) is 0 Å². The summed E-state index contributed by atoms with van der Waals surface area (Å²) in [6, 6.07) is 0.594. The van der Waals surface area contributed by atoms with Gasteiger partial charge >= 0.3 is 5.97 Å². The summed E-state index contributed by atoms with van der Waals surface area (Å²) < 4.78 is 0. The summed E-state index contributed by atoms with van der Waals surface area (Å²) >= 11 is 0. The lowest BCUT2D eigenvalue weighted by Crippen LogP contribution is -2.42. The van der Waals surface area contributed by atoms with Crippen LogP contribution in [0.1, 0.15) is 46.5 Å². The molecule has 3 heteroatoms. The summed E-state index contributed by atoms with van der Waals surface area (Å²) in [5.74, 6) is 0.430. The predicted molar refractivity (Wildman–Crippen MR) is 65.5 cm³/mol. The van der Waals surface area contributed by atoms with Gasteiger partial charge in [-0.3, -0.25) is 4.79 Å². The van der Waals surface area contributed by atoms with Crippen LogP contribution in [0.25, 0.3) is 0 Å². The molecule has 0 saturated carbocycles. The van der Waals surface area contributed by atoms with E-state index in [9.17, 15) is 4.79 Å². The zero-order chi connectivity index (χ0) is 12.1. The number of likely N-dealkylation sites (tertiary alicyclic amines) is 1. The van der Waals surface area contributed by atoms with Gasteiger partial charge in [0.2, 0.25) is 0 Å². The Bertz CT molecular complexity index is 228. The quantitative estimate of drug-likeness (QED) is 0.785. The molecule has 1 N–H and O–H groups in total. The topological polar surface area (TPSA) is 40.5 Å². The maximum absolute atomic E-state index is 10.7. The van der Waals surface area contributed by atoms with Crippen LogP contribution in [-0.4, -0.2) is 35.1 Å². The number of carboxylic acids is 1. The second kappa shape index (κ2) is 6.24. The number of carbonyl (C=O) groups is 1. The number of rotatable bonds is 5. The fourth-order valence-corrected chi connectivity index (χ4v) is 2.74. The van der Waals surface area contributed by atoms with Gasteiger partial charge in [0, 0.05) is 19.0 Å². The van der Waals surface area contributed by atoms with Crippen LogP contribution in [0.2, 0.25) is 0 Å². The Labute approximate surface area is 98.8 Å². The Balaban J connectivity index is 2.40. The molecule has 1 aliphatic rings. The lowest BCUT2D eigenvalue weighted by molar-refractivity contribution is -0.138. The van der Waals surface area contributed by atoms with Crippen molar-refractivity contribution in [2.75, 3.05) is 13.1 Å². The van der Waals surface area contributed by atoms with Crippen molar-refractivity contribution < 1.29 is 9.90 Å². The molecule has 0 aromatic carbocycles. The van der Waals surface area contributed by atoms with E-state index in [1.807, 2.05) is 0 Å². The average Bonchev–Trinajstić information content (AvgIpc) is 2.16. The molecule has 0 aromatic rings. The first-order chi connectivity index (χ1) is 7.49. The minimum Gasteiger partial charge on any atom is -0.481 e. The molecule has 0 aliphatic carbocycles. The summed E-state index contributed by atoms with van der Waals surface area (Å²) in [4.78, 5) is 13.2. The third-order valence-electron chi connectivity index (χ3n) is 3.45. The molecule has 16 heavy (non-hydrogen) atoms. The van der Waals surface area contributed by atoms with E-state index >= 15 is 0 Å². The van der Waals surface area contributed by atoms with E-state index < -0.39 is 5.97 Å². The molecule has 2 unspecified atom stereocenters. The summed E-state index contributed by atoms with van der Waals surface area (Å²) in [5, 5.41) is 8.82. The molecule has 1 saturated heterocycles. The van der Waals surface area contributed by atoms with Gasteiger partial charge in [-0.25, -0.2) is 0 Å². The number of piperidine rings is 1. The summed E-state index contributed by atoms with van der Waals surface area (Å²) in [5.41, 5.74) is 0. The average molecular weight is 227 g/mol. The first-order valence-corrected chi connectivity index (χ1v) is 6.45. The molecule has 0 radical (unpaired) electrons. The molecule has 0 amide bonds. The van der Waals surface area contributed by atoms with Crippen molar-refractivity contribution >= 4 is 5.97 Å². The smallest absolute Gasteiger partial charge is 0.303 e. The van der Waals surface area contributed by atoms with E-state index in [1.165, 1.54) is 6.42 Å². The molecule has 0 aromatic heterocycles. The van der Waals surface area contributed by atoms with Crippen molar-refractivity contribution in [1.29, 1.82) is 0 Å². The SMILES string of the molecule is CC(C)CC(C)N1CCCC(CC(=O)O)C1. The molecule has 3 nitrogen and oxygen atoms in total. The van der Waals surface area contributed by atoms with E-state index in [0.717, 1.165) is 31.8 Å². The largest absolute Gasteiger partial charge is 0.481 e. The Kier molecular flexibility index (Phi) is 5.26. The molecule has 1 fully saturated rings. The van der Waals surface area contributed by atoms with Gasteiger partial charge in [-0.05, 0) is 44.6 Å². The van der Waals surface area contributed by atoms with E-state index in [1.54, 1.807) is 0 Å². The molecular formula is C13H25NO2. The Hall–Kier alpha value is -0.570. The number of nitrogens with zero attached hydrogens (tertiary/aromatic N) is 1. The highest BCUT2D eigenvalue weighted by molar-refractivity contribution is 5.67. The zero-order valence-corrected chi connectivity index (χ0v) is 10.8. The van der Waals surface area contributed by atoms with Crippen molar-refractivity contribution in [1.82, 2.24) is 4.90 Å². The third kappa shape index (κ3) is 4.52. The second-order valence-corrected chi connectivity index (χ2v) is 5.58. The van der Waals surface area contributed by atoms with Crippen LogP contribution in [0.3, 0.4) is 0 Å². The Morgan fingerprint density at radius 3 is 2.69 bits per heavy atom. The van der Waals surface area contributed by atoms with Crippen molar-refractivity contribution in [3.05, 3.63) is 0 Å². The normalized spacial score (nSPS) is 24.6. The van der Waals surface area contributed by atoms with Crippen molar-refractivity contribution in [2.24, 2.45) is 11.8 Å². The highest BCUT2D eigenvalue weighted by Gasteiger charge is 2.25. The van der Waals surface area contributed by atoms with Crippen molar-refractivity contribution in [3.63, 3.8) is 0 Å². The molecular weight excluding hydrogens is 202 g/mol. The predicted octanol–water partition coefficient (Wildman–Crippen LogP) is 2.61. The van der Waals surface area contributed by atoms with E-state index in [2.05, 4.69) is 25.7 Å². The molecule has 1 rings (SSSR count). The van der Waals surface area contributed by atoms with Gasteiger partial charge in [0.1, 0.15) is 0 Å². The maximum atomic E-state index is 10.7. The monoisotopic (exact) mass is 227 g/mol. The van der Waals surface area contributed by atoms with Gasteiger partial charge in [0.05, 0.1) is 0 Å². The van der Waals surface area contributed by atoms with Gasteiger partial charge in [0.15, 0.2) is 0 Å². The van der Waals surface area contributed by atoms with Crippen LogP contribution in [-0.2, 0) is 4.79 Å². The Morgan fingerprint density at radius 2 is 2.12 bits per heavy atom. The zero-order valence-electron chi connectivity index (χ0n) is 10.8. The van der Waals surface area contributed by atoms with Crippen LogP contribution in [0, 0.1) is 11.8 Å². The van der Waals surface area contributed by atoms with Gasteiger partial charge in [-0.2, -0.15) is 0 Å². The fourth-order valence-electron chi connectivity index (χ4n) is 2.74. The van der Waals surface area contributed by atoms with E-state index in [4.69, 9.17) is 5.11 Å². The first kappa shape index (κ1) is 13.5. The summed E-state index contributed by atoms with van der Waals surface area (Å²) in [6.45, 7) is 8.87. The van der Waals surface area contributed by atoms with Gasteiger partial charge in [-0.1, -0.05) is 13.8 Å². The highest BCUT2D eigenvalue weighted by Crippen LogP contribution is 2.23. The number of hydrogen-bond acceptors (Lipinski definition) is 2. The summed E-state index contributed by atoms with van der Waals surface area (Å²) in [7, 11) is 0. The van der Waals surface area contributed by atoms with Gasteiger partial charge in [0.25, 0.3) is 0 Å². The molecule has 1 aliphatic heterocycles. The van der Waals surface area contributed by atoms with Crippen LogP contribution >= 0.6 is 0 Å². The van der Waals surface area contributed by atoms with Gasteiger partial charge < -0.3 is 10.0 Å². The number of aliphatic carboxylic acids is 1. The van der Waals surface area contributed by atoms with E-state index in [-0.39, 0.29) is 0 Å². The number of hydrogen-bond donors (Lipinski definition) is 1. The van der Waals surface area contributed by atoms with Crippen LogP contribution in [0.4, 0.5) is 0 Å². The molecule has 1 heterocycles. The second-order valence-electron chi connectivity index (χ2n) is 5.58.